The van der Waals surface area contributed by atoms with Gasteiger partial charge in [0.1, 0.15) is 17.7 Å². The molecule has 3 aromatic rings. The monoisotopic (exact) mass is 466 g/mol. The molecule has 0 unspecified atom stereocenters. The van der Waals surface area contributed by atoms with Crippen LogP contribution in [-0.4, -0.2) is 58.7 Å². The fourth-order valence-corrected chi connectivity index (χ4v) is 3.88. The van der Waals surface area contributed by atoms with Gasteiger partial charge >= 0.3 is 0 Å². The van der Waals surface area contributed by atoms with Gasteiger partial charge in [0.25, 0.3) is 5.91 Å². The molecule has 0 fully saturated rings. The third-order valence-electron chi connectivity index (χ3n) is 5.67. The van der Waals surface area contributed by atoms with Crippen LogP contribution < -0.4 is 5.32 Å². The minimum absolute atomic E-state index is 0.0801. The lowest BCUT2D eigenvalue weighted by Crippen LogP contribution is -2.48. The molecule has 4 rings (SSSR count). The molecular weight excluding hydrogens is 442 g/mol. The van der Waals surface area contributed by atoms with E-state index in [9.17, 15) is 18.7 Å². The van der Waals surface area contributed by atoms with Crippen LogP contribution in [0.25, 0.3) is 5.57 Å². The first-order chi connectivity index (χ1) is 16.5. The van der Waals surface area contributed by atoms with Crippen LogP contribution in [0.3, 0.4) is 0 Å². The summed E-state index contributed by atoms with van der Waals surface area (Å²) >= 11 is 0. The van der Waals surface area contributed by atoms with Gasteiger partial charge in [-0.25, -0.2) is 13.8 Å². The van der Waals surface area contributed by atoms with E-state index in [0.717, 1.165) is 11.1 Å². The van der Waals surface area contributed by atoms with Crippen LogP contribution in [0.1, 0.15) is 21.5 Å². The van der Waals surface area contributed by atoms with E-state index in [2.05, 4.69) is 15.3 Å². The molecule has 1 aliphatic heterocycles. The van der Waals surface area contributed by atoms with Gasteiger partial charge in [0.05, 0.1) is 36.8 Å². The normalized spacial score (nSPS) is 14.9. The van der Waals surface area contributed by atoms with Gasteiger partial charge in [-0.2, -0.15) is 0 Å². The Labute approximate surface area is 195 Å². The zero-order valence-electron chi connectivity index (χ0n) is 18.5. The summed E-state index contributed by atoms with van der Waals surface area (Å²) in [5.41, 5.74) is 2.09. The number of methoxy groups -OCH3 is 1. The van der Waals surface area contributed by atoms with Crippen LogP contribution in [-0.2, 0) is 11.3 Å². The number of aliphatic hydroxyl groups excluding tert-OH is 1. The van der Waals surface area contributed by atoms with Crippen LogP contribution >= 0.6 is 0 Å². The van der Waals surface area contributed by atoms with Crippen molar-refractivity contribution in [3.05, 3.63) is 95.6 Å². The largest absolute Gasteiger partial charge is 0.394 e. The number of hydrogen-bond donors (Lipinski definition) is 2. The van der Waals surface area contributed by atoms with Crippen LogP contribution in [0.4, 0.5) is 8.78 Å². The molecule has 0 aliphatic carbocycles. The zero-order valence-corrected chi connectivity index (χ0v) is 18.5. The molecule has 2 atom stereocenters. The van der Waals surface area contributed by atoms with Gasteiger partial charge in [0.15, 0.2) is 0 Å². The number of hydrogen-bond acceptors (Lipinski definition) is 5. The van der Waals surface area contributed by atoms with E-state index in [1.807, 2.05) is 0 Å². The Morgan fingerprint density at radius 1 is 1.24 bits per heavy atom. The smallest absolute Gasteiger partial charge is 0.252 e. The Hall–Kier alpha value is -3.69. The lowest BCUT2D eigenvalue weighted by atomic mass is 9.99. The number of amides is 1. The second kappa shape index (κ2) is 10.5. The van der Waals surface area contributed by atoms with Crippen molar-refractivity contribution >= 4 is 17.2 Å². The van der Waals surface area contributed by atoms with Crippen molar-refractivity contribution in [2.45, 2.75) is 18.7 Å². The highest BCUT2D eigenvalue weighted by atomic mass is 19.1. The van der Waals surface area contributed by atoms with Crippen molar-refractivity contribution in [3.63, 3.8) is 0 Å². The molecule has 0 bridgehead atoms. The maximum atomic E-state index is 15.0. The minimum Gasteiger partial charge on any atom is -0.394 e. The van der Waals surface area contributed by atoms with E-state index in [-0.39, 0.29) is 30.1 Å². The number of allylic oxidation sites excluding steroid dienone is 1. The van der Waals surface area contributed by atoms with E-state index >= 15 is 0 Å². The Balaban J connectivity index is 1.62. The number of imidazole rings is 1. The molecule has 1 amide bonds. The summed E-state index contributed by atoms with van der Waals surface area (Å²) in [4.78, 5) is 21.7. The highest BCUT2D eigenvalue weighted by Gasteiger charge is 2.27. The van der Waals surface area contributed by atoms with Crippen molar-refractivity contribution in [2.24, 2.45) is 4.99 Å². The quantitative estimate of drug-likeness (QED) is 0.508. The molecule has 1 aliphatic rings. The standard InChI is InChI=1S/C25H24F2N4O3/c1-34-23(14-32)22(13-31-10-9-28-15-31)30-25(33)19-3-2-4-20(27)24(19)21-11-17(12-29-21)16-5-7-18(26)8-6-16/h2-11,15,22-23,32H,12-14H2,1H3,(H,30,33)/t22-,23-/m1/s1. The van der Waals surface area contributed by atoms with Crippen molar-refractivity contribution in [1.82, 2.24) is 14.9 Å². The molecule has 2 N–H and O–H groups in total. The molecule has 176 valence electrons. The second-order valence-electron chi connectivity index (χ2n) is 7.84. The van der Waals surface area contributed by atoms with Crippen molar-refractivity contribution in [3.8, 4) is 0 Å². The highest BCUT2D eigenvalue weighted by Crippen LogP contribution is 2.25. The molecule has 2 heterocycles. The lowest BCUT2D eigenvalue weighted by Gasteiger charge is -2.26. The minimum atomic E-state index is -0.683. The van der Waals surface area contributed by atoms with Gasteiger partial charge < -0.3 is 19.7 Å². The lowest BCUT2D eigenvalue weighted by molar-refractivity contribution is 0.0174. The topological polar surface area (TPSA) is 88.7 Å². The van der Waals surface area contributed by atoms with Crippen LogP contribution in [0, 0.1) is 11.6 Å². The van der Waals surface area contributed by atoms with Gasteiger partial charge in [-0.1, -0.05) is 18.2 Å². The number of aliphatic hydroxyl groups is 1. The summed E-state index contributed by atoms with van der Waals surface area (Å²) in [6.07, 6.45) is 5.94. The predicted molar refractivity (Wildman–Crippen MR) is 124 cm³/mol. The van der Waals surface area contributed by atoms with Gasteiger partial charge in [0.2, 0.25) is 0 Å². The Kier molecular flexibility index (Phi) is 7.24. The van der Waals surface area contributed by atoms with Gasteiger partial charge in [-0.15, -0.1) is 0 Å². The fraction of sp³-hybridized carbons (Fsp3) is 0.240. The summed E-state index contributed by atoms with van der Waals surface area (Å²) in [5.74, 6) is -1.46. The van der Waals surface area contributed by atoms with Crippen molar-refractivity contribution in [1.29, 1.82) is 0 Å². The van der Waals surface area contributed by atoms with Crippen molar-refractivity contribution < 1.29 is 23.4 Å². The van der Waals surface area contributed by atoms with Gasteiger partial charge in [0, 0.05) is 31.6 Å². The third kappa shape index (κ3) is 5.11. The van der Waals surface area contributed by atoms with E-state index in [0.29, 0.717) is 12.3 Å². The molecular formula is C25H24F2N4O3. The first kappa shape index (κ1) is 23.5. The molecule has 9 heteroatoms. The first-order valence-electron chi connectivity index (χ1n) is 10.7. The number of nitrogens with one attached hydrogen (secondary N) is 1. The summed E-state index contributed by atoms with van der Waals surface area (Å²) in [5, 5.41) is 12.6. The van der Waals surface area contributed by atoms with Gasteiger partial charge in [-0.3, -0.25) is 9.79 Å². The SMILES string of the molecule is CO[C@H](CO)[C@@H](Cn1ccnc1)NC(=O)c1cccc(F)c1C1=NCC(c2ccc(F)cc2)=C1. The maximum Gasteiger partial charge on any atom is 0.252 e. The van der Waals surface area contributed by atoms with Gasteiger partial charge in [-0.05, 0) is 41.5 Å². The zero-order chi connectivity index (χ0) is 24.1. The summed E-state index contributed by atoms with van der Waals surface area (Å²) in [7, 11) is 1.44. The van der Waals surface area contributed by atoms with E-state index in [1.165, 1.54) is 37.4 Å². The highest BCUT2D eigenvalue weighted by molar-refractivity contribution is 6.19. The average Bonchev–Trinajstić information content (AvgIpc) is 3.52. The number of aromatic nitrogens is 2. The molecule has 0 spiro atoms. The molecule has 1 aromatic heterocycles. The molecule has 0 radical (unpaired) electrons. The van der Waals surface area contributed by atoms with Crippen LogP contribution in [0.2, 0.25) is 0 Å². The number of carbonyl (C=O) groups is 1. The number of ether oxygens (including phenoxy) is 1. The second-order valence-corrected chi connectivity index (χ2v) is 7.84. The van der Waals surface area contributed by atoms with E-state index < -0.39 is 23.9 Å². The Bertz CT molecular complexity index is 1200. The van der Waals surface area contributed by atoms with Crippen LogP contribution in [0.15, 0.2) is 72.3 Å². The van der Waals surface area contributed by atoms with Crippen molar-refractivity contribution in [2.75, 3.05) is 20.3 Å². The molecule has 34 heavy (non-hydrogen) atoms. The number of aliphatic imine (C=N–C) groups is 1. The molecule has 0 saturated carbocycles. The predicted octanol–water partition coefficient (Wildman–Crippen LogP) is 2.85. The number of benzene rings is 2. The maximum absolute atomic E-state index is 15.0. The van der Waals surface area contributed by atoms with E-state index in [1.54, 1.807) is 41.5 Å². The van der Waals surface area contributed by atoms with E-state index in [4.69, 9.17) is 4.74 Å². The molecule has 0 saturated heterocycles. The van der Waals surface area contributed by atoms with Crippen LogP contribution in [0.5, 0.6) is 0 Å². The Morgan fingerprint density at radius 3 is 2.71 bits per heavy atom. The Morgan fingerprint density at radius 2 is 2.03 bits per heavy atom. The number of rotatable bonds is 9. The number of halogens is 2. The third-order valence-corrected chi connectivity index (χ3v) is 5.67. The average molecular weight is 466 g/mol. The molecule has 7 nitrogen and oxygen atoms in total. The summed E-state index contributed by atoms with van der Waals surface area (Å²) in [6, 6.07) is 9.61. The number of carbonyl (C=O) groups excluding carboxylic acids is 1. The fourth-order valence-electron chi connectivity index (χ4n) is 3.88. The summed E-state index contributed by atoms with van der Waals surface area (Å²) < 4.78 is 35.3. The molecule has 2 aromatic carbocycles. The summed E-state index contributed by atoms with van der Waals surface area (Å²) in [6.45, 7) is 0.267. The number of nitrogens with zero attached hydrogens (tertiary/aromatic N) is 3. The first-order valence-corrected chi connectivity index (χ1v) is 10.7.